The van der Waals surface area contributed by atoms with Crippen LogP contribution in [-0.4, -0.2) is 44.9 Å². The van der Waals surface area contributed by atoms with Crippen LogP contribution in [0.25, 0.3) is 0 Å². The highest BCUT2D eigenvalue weighted by Crippen LogP contribution is 2.37. The molecule has 0 bridgehead atoms. The van der Waals surface area contributed by atoms with Gasteiger partial charge in [-0.3, -0.25) is 0 Å². The van der Waals surface area contributed by atoms with Crippen molar-refractivity contribution in [3.63, 3.8) is 0 Å². The van der Waals surface area contributed by atoms with Crippen LogP contribution in [0.15, 0.2) is 91.0 Å². The fourth-order valence-corrected chi connectivity index (χ4v) is 9.94. The molecule has 3 aromatic rings. The van der Waals surface area contributed by atoms with Gasteiger partial charge < -0.3 is 19.0 Å². The average molecular weight is 519 g/mol. The lowest BCUT2D eigenvalue weighted by Crippen LogP contribution is -2.66. The summed E-state index contributed by atoms with van der Waals surface area (Å²) in [5.41, 5.74) is 1.11. The van der Waals surface area contributed by atoms with Crippen molar-refractivity contribution in [1.82, 2.24) is 0 Å². The highest BCUT2D eigenvalue weighted by molar-refractivity contribution is 6.99. The normalized spacial score (nSPS) is 19.4. The van der Waals surface area contributed by atoms with Gasteiger partial charge in [0.1, 0.15) is 12.2 Å². The van der Waals surface area contributed by atoms with Crippen LogP contribution in [0.4, 0.5) is 0 Å². The lowest BCUT2D eigenvalue weighted by atomic mass is 10.0. The number of aliphatic hydroxyl groups is 1. The molecule has 1 saturated heterocycles. The molecule has 1 aliphatic heterocycles. The molecule has 0 aromatic heterocycles. The molecule has 0 radical (unpaired) electrons. The van der Waals surface area contributed by atoms with Crippen LogP contribution in [0.2, 0.25) is 5.04 Å². The maximum absolute atomic E-state index is 10.5. The molecule has 3 aromatic carbocycles. The first kappa shape index (κ1) is 27.7. The SMILES string of the molecule is C[C@H](CC[C@@H]1O[C@@H]1[C@H](O)COCc1ccccc1)CO[Si](c1ccccc1)(c1ccccc1)C(C)(C)C. The summed E-state index contributed by atoms with van der Waals surface area (Å²) in [6.07, 6.45) is 1.31. The predicted octanol–water partition coefficient (Wildman–Crippen LogP) is 5.32. The Balaban J connectivity index is 1.30. The third-order valence-electron chi connectivity index (χ3n) is 7.35. The van der Waals surface area contributed by atoms with Crippen LogP contribution >= 0.6 is 0 Å². The van der Waals surface area contributed by atoms with Crippen molar-refractivity contribution in [2.45, 2.75) is 70.5 Å². The standard InChI is InChI=1S/C32H42O4Si/c1-25(20-21-30-31(36-30)29(33)24-34-23-26-14-8-5-9-15-26)22-35-37(32(2,3)4,27-16-10-6-11-17-27)28-18-12-7-13-19-28/h5-19,25,29-31,33H,20-24H2,1-4H3/t25-,29-,30+,31-/m1/s1. The molecule has 0 amide bonds. The van der Waals surface area contributed by atoms with Gasteiger partial charge in [-0.25, -0.2) is 0 Å². The molecule has 0 saturated carbocycles. The Morgan fingerprint density at radius 3 is 1.92 bits per heavy atom. The molecule has 4 nitrogen and oxygen atoms in total. The first-order chi connectivity index (χ1) is 17.8. The van der Waals surface area contributed by atoms with Crippen LogP contribution < -0.4 is 10.4 Å². The van der Waals surface area contributed by atoms with Gasteiger partial charge in [-0.2, -0.15) is 0 Å². The number of hydrogen-bond donors (Lipinski definition) is 1. The van der Waals surface area contributed by atoms with E-state index in [0.717, 1.165) is 18.4 Å². The van der Waals surface area contributed by atoms with Crippen molar-refractivity contribution in [3.05, 3.63) is 96.6 Å². The van der Waals surface area contributed by atoms with Gasteiger partial charge >= 0.3 is 0 Å². The van der Waals surface area contributed by atoms with Gasteiger partial charge in [0.25, 0.3) is 8.32 Å². The van der Waals surface area contributed by atoms with Crippen molar-refractivity contribution in [2.75, 3.05) is 13.2 Å². The fourth-order valence-electron chi connectivity index (χ4n) is 5.25. The Morgan fingerprint density at radius 2 is 1.38 bits per heavy atom. The monoisotopic (exact) mass is 518 g/mol. The topological polar surface area (TPSA) is 51.2 Å². The van der Waals surface area contributed by atoms with Crippen LogP contribution in [0.3, 0.4) is 0 Å². The van der Waals surface area contributed by atoms with Gasteiger partial charge in [-0.15, -0.1) is 0 Å². The summed E-state index contributed by atoms with van der Waals surface area (Å²) < 4.78 is 18.6. The minimum atomic E-state index is -2.51. The summed E-state index contributed by atoms with van der Waals surface area (Å²) in [5, 5.41) is 13.1. The van der Waals surface area contributed by atoms with E-state index < -0.39 is 14.4 Å². The average Bonchev–Trinajstić information content (AvgIpc) is 3.69. The number of rotatable bonds is 13. The van der Waals surface area contributed by atoms with E-state index in [1.54, 1.807) is 0 Å². The third-order valence-corrected chi connectivity index (χ3v) is 12.4. The van der Waals surface area contributed by atoms with Crippen molar-refractivity contribution < 1.29 is 19.0 Å². The highest BCUT2D eigenvalue weighted by Gasteiger charge is 2.50. The second kappa shape index (κ2) is 12.5. The van der Waals surface area contributed by atoms with Gasteiger partial charge in [-0.05, 0) is 39.7 Å². The number of aliphatic hydroxyl groups excluding tert-OH is 1. The lowest BCUT2D eigenvalue weighted by molar-refractivity contribution is 0.0148. The molecule has 198 valence electrons. The van der Waals surface area contributed by atoms with Crippen molar-refractivity contribution >= 4 is 18.7 Å². The molecule has 0 spiro atoms. The van der Waals surface area contributed by atoms with Crippen LogP contribution in [0, 0.1) is 5.92 Å². The molecule has 1 N–H and O–H groups in total. The second-order valence-corrected chi connectivity index (χ2v) is 15.7. The molecule has 4 rings (SSSR count). The van der Waals surface area contributed by atoms with Gasteiger partial charge in [0.05, 0.1) is 19.3 Å². The predicted molar refractivity (Wildman–Crippen MR) is 153 cm³/mol. The second-order valence-electron chi connectivity index (χ2n) is 11.4. The molecule has 0 aliphatic carbocycles. The fraction of sp³-hybridized carbons (Fsp3) is 0.438. The number of ether oxygens (including phenoxy) is 2. The van der Waals surface area contributed by atoms with E-state index in [-0.39, 0.29) is 17.2 Å². The van der Waals surface area contributed by atoms with Crippen LogP contribution in [0.1, 0.15) is 46.1 Å². The quantitative estimate of drug-likeness (QED) is 0.246. The minimum absolute atomic E-state index is 0.0238. The first-order valence-corrected chi connectivity index (χ1v) is 15.4. The zero-order valence-corrected chi connectivity index (χ0v) is 23.7. The molecule has 1 aliphatic rings. The number of benzene rings is 3. The lowest BCUT2D eigenvalue weighted by Gasteiger charge is -2.43. The number of epoxide rings is 1. The molecule has 37 heavy (non-hydrogen) atoms. The van der Waals surface area contributed by atoms with Gasteiger partial charge in [-0.1, -0.05) is 119 Å². The van der Waals surface area contributed by atoms with E-state index in [0.29, 0.717) is 25.7 Å². The van der Waals surface area contributed by atoms with E-state index >= 15 is 0 Å². The number of hydrogen-bond acceptors (Lipinski definition) is 4. The zero-order valence-electron chi connectivity index (χ0n) is 22.7. The van der Waals surface area contributed by atoms with E-state index in [1.165, 1.54) is 10.4 Å². The Hall–Kier alpha value is -2.28. The summed E-state index contributed by atoms with van der Waals surface area (Å²) >= 11 is 0. The zero-order chi connectivity index (χ0) is 26.3. The summed E-state index contributed by atoms with van der Waals surface area (Å²) in [7, 11) is -2.51. The Morgan fingerprint density at radius 1 is 0.838 bits per heavy atom. The van der Waals surface area contributed by atoms with E-state index in [1.807, 2.05) is 30.3 Å². The van der Waals surface area contributed by atoms with Crippen LogP contribution in [-0.2, 0) is 20.5 Å². The molecule has 5 heteroatoms. The first-order valence-electron chi connectivity index (χ1n) is 13.5. The Bertz CT molecular complexity index is 1030. The van der Waals surface area contributed by atoms with Crippen molar-refractivity contribution in [3.8, 4) is 0 Å². The Kier molecular flexibility index (Phi) is 9.38. The smallest absolute Gasteiger partial charge is 0.261 e. The molecular formula is C32H42O4Si. The maximum Gasteiger partial charge on any atom is 0.261 e. The minimum Gasteiger partial charge on any atom is -0.407 e. The summed E-state index contributed by atoms with van der Waals surface area (Å²) in [6.45, 7) is 10.7. The van der Waals surface area contributed by atoms with Crippen molar-refractivity contribution in [2.24, 2.45) is 5.92 Å². The van der Waals surface area contributed by atoms with E-state index in [2.05, 4.69) is 88.4 Å². The van der Waals surface area contributed by atoms with E-state index in [4.69, 9.17) is 13.9 Å². The molecule has 1 fully saturated rings. The van der Waals surface area contributed by atoms with Crippen molar-refractivity contribution in [1.29, 1.82) is 0 Å². The summed E-state index contributed by atoms with van der Waals surface area (Å²) in [5.74, 6) is 0.387. The van der Waals surface area contributed by atoms with Gasteiger partial charge in [0, 0.05) is 6.61 Å². The molecule has 1 heterocycles. The Labute approximate surface area is 223 Å². The molecule has 0 unspecified atom stereocenters. The van der Waals surface area contributed by atoms with Crippen LogP contribution in [0.5, 0.6) is 0 Å². The van der Waals surface area contributed by atoms with Gasteiger partial charge in [0.2, 0.25) is 0 Å². The third kappa shape index (κ3) is 6.98. The van der Waals surface area contributed by atoms with E-state index in [9.17, 15) is 5.11 Å². The molecule has 4 atom stereocenters. The largest absolute Gasteiger partial charge is 0.407 e. The maximum atomic E-state index is 10.5. The summed E-state index contributed by atoms with van der Waals surface area (Å²) in [4.78, 5) is 0. The summed E-state index contributed by atoms with van der Waals surface area (Å²) in [6, 6.07) is 31.6. The highest BCUT2D eigenvalue weighted by atomic mass is 28.4. The molecular weight excluding hydrogens is 476 g/mol. The van der Waals surface area contributed by atoms with Gasteiger partial charge in [0.15, 0.2) is 0 Å².